The Morgan fingerprint density at radius 2 is 2.41 bits per heavy atom. The minimum Gasteiger partial charge on any atom is -0.383 e. The van der Waals surface area contributed by atoms with Crippen LogP contribution in [0.25, 0.3) is 0 Å². The average molecular weight is 319 g/mol. The van der Waals surface area contributed by atoms with E-state index in [0.29, 0.717) is 19.2 Å². The second-order valence-corrected chi connectivity index (χ2v) is 6.51. The van der Waals surface area contributed by atoms with Gasteiger partial charge in [0.2, 0.25) is 0 Å². The molecule has 0 fully saturated rings. The quantitative estimate of drug-likeness (QED) is 0.879. The van der Waals surface area contributed by atoms with Gasteiger partial charge in [0.1, 0.15) is 5.01 Å². The number of hydrogen-bond acceptors (Lipinski definition) is 5. The average Bonchev–Trinajstić information content (AvgIpc) is 3.05. The second kappa shape index (κ2) is 7.17. The van der Waals surface area contributed by atoms with Crippen LogP contribution in [0.5, 0.6) is 0 Å². The van der Waals surface area contributed by atoms with Crippen molar-refractivity contribution in [3.05, 3.63) is 50.3 Å². The summed E-state index contributed by atoms with van der Waals surface area (Å²) >= 11 is 1.68. The molecule has 0 saturated heterocycles. The Balaban J connectivity index is 1.69. The first-order valence-corrected chi connectivity index (χ1v) is 8.48. The molecule has 0 saturated carbocycles. The molecule has 118 valence electrons. The van der Waals surface area contributed by atoms with Crippen LogP contribution in [0.1, 0.15) is 22.7 Å². The first-order chi connectivity index (χ1) is 10.8. The number of pyridine rings is 1. The number of thiazole rings is 1. The predicted molar refractivity (Wildman–Crippen MR) is 87.3 cm³/mol. The number of hydrogen-bond donors (Lipinski definition) is 1. The van der Waals surface area contributed by atoms with Crippen molar-refractivity contribution in [3.63, 3.8) is 0 Å². The van der Waals surface area contributed by atoms with Crippen molar-refractivity contribution in [2.45, 2.75) is 38.4 Å². The monoisotopic (exact) mass is 319 g/mol. The molecule has 0 aromatic carbocycles. The lowest BCUT2D eigenvalue weighted by atomic mass is 9.91. The van der Waals surface area contributed by atoms with Gasteiger partial charge >= 0.3 is 0 Å². The van der Waals surface area contributed by atoms with Crippen LogP contribution >= 0.6 is 11.3 Å². The highest BCUT2D eigenvalue weighted by Gasteiger charge is 2.21. The maximum atomic E-state index is 12.0. The third kappa shape index (κ3) is 3.45. The third-order valence-corrected chi connectivity index (χ3v) is 4.91. The van der Waals surface area contributed by atoms with Gasteiger partial charge < -0.3 is 14.6 Å². The van der Waals surface area contributed by atoms with Crippen molar-refractivity contribution in [2.75, 3.05) is 13.7 Å². The van der Waals surface area contributed by atoms with E-state index < -0.39 is 0 Å². The molecule has 6 heteroatoms. The minimum atomic E-state index is 0.0741. The Labute approximate surface area is 134 Å². The maximum absolute atomic E-state index is 12.0. The molecule has 1 unspecified atom stereocenters. The molecule has 0 radical (unpaired) electrons. The molecule has 0 bridgehead atoms. The van der Waals surface area contributed by atoms with Crippen LogP contribution < -0.4 is 10.9 Å². The highest BCUT2D eigenvalue weighted by atomic mass is 32.1. The topological polar surface area (TPSA) is 56.1 Å². The summed E-state index contributed by atoms with van der Waals surface area (Å²) < 4.78 is 6.99. The van der Waals surface area contributed by atoms with Crippen molar-refractivity contribution >= 4 is 11.3 Å². The molecule has 0 aliphatic heterocycles. The molecular weight excluding hydrogens is 298 g/mol. The first-order valence-electron chi connectivity index (χ1n) is 7.60. The highest BCUT2D eigenvalue weighted by Crippen LogP contribution is 2.20. The number of nitrogens with one attached hydrogen (secondary N) is 1. The van der Waals surface area contributed by atoms with Crippen LogP contribution in [0, 0.1) is 0 Å². The molecule has 2 aromatic rings. The van der Waals surface area contributed by atoms with Crippen molar-refractivity contribution in [1.82, 2.24) is 14.9 Å². The Morgan fingerprint density at radius 3 is 3.18 bits per heavy atom. The predicted octanol–water partition coefficient (Wildman–Crippen LogP) is 1.60. The van der Waals surface area contributed by atoms with E-state index in [-0.39, 0.29) is 5.56 Å². The minimum absolute atomic E-state index is 0.0741. The number of nitrogens with zero attached hydrogens (tertiary/aromatic N) is 2. The molecule has 5 nitrogen and oxygen atoms in total. The second-order valence-electron chi connectivity index (χ2n) is 5.53. The van der Waals surface area contributed by atoms with Crippen LogP contribution in [0.4, 0.5) is 0 Å². The molecule has 3 rings (SSSR count). The van der Waals surface area contributed by atoms with Crippen LogP contribution in [0.2, 0.25) is 0 Å². The fourth-order valence-electron chi connectivity index (χ4n) is 3.00. The zero-order chi connectivity index (χ0) is 15.4. The van der Waals surface area contributed by atoms with E-state index >= 15 is 0 Å². The van der Waals surface area contributed by atoms with E-state index in [9.17, 15) is 4.79 Å². The van der Waals surface area contributed by atoms with Gasteiger partial charge in [-0.15, -0.1) is 11.3 Å². The number of rotatable bonds is 6. The molecule has 2 heterocycles. The third-order valence-electron chi connectivity index (χ3n) is 4.13. The Bertz CT molecular complexity index is 667. The molecular formula is C16H21N3O2S. The summed E-state index contributed by atoms with van der Waals surface area (Å²) in [6.07, 6.45) is 4.79. The largest absolute Gasteiger partial charge is 0.383 e. The highest BCUT2D eigenvalue weighted by molar-refractivity contribution is 7.09. The summed E-state index contributed by atoms with van der Waals surface area (Å²) in [5, 5.41) is 6.70. The van der Waals surface area contributed by atoms with Crippen LogP contribution in [0.15, 0.2) is 28.5 Å². The van der Waals surface area contributed by atoms with E-state index in [4.69, 9.17) is 4.74 Å². The Hall–Kier alpha value is -1.50. The van der Waals surface area contributed by atoms with Crippen molar-refractivity contribution in [1.29, 1.82) is 0 Å². The van der Waals surface area contributed by atoms with Crippen LogP contribution in [0.3, 0.4) is 0 Å². The van der Waals surface area contributed by atoms with Gasteiger partial charge in [0.25, 0.3) is 5.56 Å². The summed E-state index contributed by atoms with van der Waals surface area (Å²) in [6.45, 7) is 2.03. The first kappa shape index (κ1) is 15.4. The van der Waals surface area contributed by atoms with Gasteiger partial charge in [0.05, 0.1) is 6.61 Å². The summed E-state index contributed by atoms with van der Waals surface area (Å²) in [6, 6.07) is 4.11. The lowest BCUT2D eigenvalue weighted by molar-refractivity contribution is 0.184. The van der Waals surface area contributed by atoms with Crippen LogP contribution in [-0.4, -0.2) is 29.3 Å². The Morgan fingerprint density at radius 1 is 1.50 bits per heavy atom. The fourth-order valence-corrected chi connectivity index (χ4v) is 3.57. The van der Waals surface area contributed by atoms with Gasteiger partial charge in [0.15, 0.2) is 0 Å². The number of methoxy groups -OCH3 is 1. The lowest BCUT2D eigenvalue weighted by Gasteiger charge is -2.27. The normalized spacial score (nSPS) is 17.4. The van der Waals surface area contributed by atoms with E-state index in [1.54, 1.807) is 24.5 Å². The molecule has 1 atom stereocenters. The van der Waals surface area contributed by atoms with E-state index in [0.717, 1.165) is 30.8 Å². The number of fused-ring (bicyclic) bond motifs is 1. The smallest absolute Gasteiger partial charge is 0.250 e. The lowest BCUT2D eigenvalue weighted by Crippen LogP contribution is -2.37. The molecule has 1 aliphatic rings. The van der Waals surface area contributed by atoms with Gasteiger partial charge in [-0.2, -0.15) is 0 Å². The van der Waals surface area contributed by atoms with Crippen LogP contribution in [-0.2, 0) is 30.7 Å². The van der Waals surface area contributed by atoms with Crippen molar-refractivity contribution < 1.29 is 4.74 Å². The summed E-state index contributed by atoms with van der Waals surface area (Å²) in [5.74, 6) is 0. The molecule has 2 aromatic heterocycles. The van der Waals surface area contributed by atoms with Crippen molar-refractivity contribution in [3.8, 4) is 0 Å². The summed E-state index contributed by atoms with van der Waals surface area (Å²) in [4.78, 5) is 16.3. The molecule has 0 amide bonds. The number of ether oxygens (including phenoxy) is 1. The number of aromatic nitrogens is 2. The maximum Gasteiger partial charge on any atom is 0.250 e. The van der Waals surface area contributed by atoms with Gasteiger partial charge in [-0.3, -0.25) is 4.79 Å². The molecule has 1 aliphatic carbocycles. The zero-order valence-electron chi connectivity index (χ0n) is 12.7. The van der Waals surface area contributed by atoms with E-state index in [1.165, 1.54) is 11.3 Å². The SMILES string of the molecule is COCCn1c2c(ccc1=O)CC(NCc1nccs1)CC2. The fraction of sp³-hybridized carbons (Fsp3) is 0.500. The van der Waals surface area contributed by atoms with E-state index in [1.807, 2.05) is 22.2 Å². The van der Waals surface area contributed by atoms with Crippen molar-refractivity contribution in [2.24, 2.45) is 0 Å². The zero-order valence-corrected chi connectivity index (χ0v) is 13.6. The standard InChI is InChI=1S/C16H21N3O2S/c1-21-8-7-19-14-4-3-13(10-12(14)2-5-16(19)20)18-11-15-17-6-9-22-15/h2,5-6,9,13,18H,3-4,7-8,10-11H2,1H3. The summed E-state index contributed by atoms with van der Waals surface area (Å²) in [5.41, 5.74) is 2.53. The van der Waals surface area contributed by atoms with E-state index in [2.05, 4.69) is 10.3 Å². The summed E-state index contributed by atoms with van der Waals surface area (Å²) in [7, 11) is 1.67. The molecule has 22 heavy (non-hydrogen) atoms. The van der Waals surface area contributed by atoms with Gasteiger partial charge in [-0.25, -0.2) is 4.98 Å². The Kier molecular flexibility index (Phi) is 5.02. The molecule has 1 N–H and O–H groups in total. The van der Waals surface area contributed by atoms with Gasteiger partial charge in [-0.05, 0) is 24.8 Å². The van der Waals surface area contributed by atoms with Gasteiger partial charge in [-0.1, -0.05) is 6.07 Å². The van der Waals surface area contributed by atoms with Gasteiger partial charge in [0, 0.05) is 49.6 Å². The molecule has 0 spiro atoms.